The van der Waals surface area contributed by atoms with Gasteiger partial charge in [-0.3, -0.25) is 9.59 Å². The van der Waals surface area contributed by atoms with Gasteiger partial charge in [-0.15, -0.1) is 0 Å². The number of carbonyl (C=O) groups excluding carboxylic acids is 2. The van der Waals surface area contributed by atoms with Crippen LogP contribution in [-0.4, -0.2) is 39.5 Å². The quantitative estimate of drug-likeness (QED) is 0.659. The van der Waals surface area contributed by atoms with E-state index in [1.807, 2.05) is 0 Å². The van der Waals surface area contributed by atoms with Gasteiger partial charge >= 0.3 is 0 Å². The second kappa shape index (κ2) is 8.26. The Labute approximate surface area is 168 Å². The van der Waals surface area contributed by atoms with Crippen molar-refractivity contribution in [2.45, 2.75) is 13.8 Å². The molecule has 0 bridgehead atoms. The van der Waals surface area contributed by atoms with Gasteiger partial charge in [0, 0.05) is 5.56 Å². The SMILES string of the molecule is COc1cc(C=C2Oc3c(ccc(OCC(C)=O)c3C)C2=O)cc(OC)c1OC. The van der Waals surface area contributed by atoms with E-state index in [0.717, 1.165) is 0 Å². The zero-order valence-electron chi connectivity index (χ0n) is 17.0. The number of carbonyl (C=O) groups is 2. The molecule has 0 saturated heterocycles. The standard InChI is InChI=1S/C22H22O7/c1-12(23)11-28-16-7-6-15-20(24)17(29-21(15)13(16)2)8-14-9-18(25-3)22(27-5)19(10-14)26-4/h6-10H,11H2,1-5H3. The summed E-state index contributed by atoms with van der Waals surface area (Å²) in [6.45, 7) is 3.19. The van der Waals surface area contributed by atoms with Gasteiger partial charge in [0.2, 0.25) is 11.5 Å². The lowest BCUT2D eigenvalue weighted by molar-refractivity contribution is -0.118. The zero-order valence-corrected chi connectivity index (χ0v) is 17.0. The summed E-state index contributed by atoms with van der Waals surface area (Å²) in [4.78, 5) is 24.0. The van der Waals surface area contributed by atoms with E-state index >= 15 is 0 Å². The van der Waals surface area contributed by atoms with Crippen LogP contribution in [0.25, 0.3) is 6.08 Å². The number of benzene rings is 2. The summed E-state index contributed by atoms with van der Waals surface area (Å²) in [5, 5.41) is 0. The number of hydrogen-bond donors (Lipinski definition) is 0. The number of Topliss-reactive ketones (excluding diaryl/α,β-unsaturated/α-hetero) is 2. The molecule has 7 heteroatoms. The van der Waals surface area contributed by atoms with Crippen molar-refractivity contribution >= 4 is 17.6 Å². The van der Waals surface area contributed by atoms with Gasteiger partial charge in [-0.25, -0.2) is 0 Å². The highest BCUT2D eigenvalue weighted by atomic mass is 16.5. The maximum absolute atomic E-state index is 12.8. The lowest BCUT2D eigenvalue weighted by Crippen LogP contribution is -2.07. The summed E-state index contributed by atoms with van der Waals surface area (Å²) in [7, 11) is 4.56. The molecular formula is C22H22O7. The molecule has 1 aliphatic heterocycles. The van der Waals surface area contributed by atoms with Crippen LogP contribution in [0, 0.1) is 6.92 Å². The minimum atomic E-state index is -0.241. The second-order valence-electron chi connectivity index (χ2n) is 6.45. The Morgan fingerprint density at radius 2 is 1.69 bits per heavy atom. The predicted molar refractivity (Wildman–Crippen MR) is 106 cm³/mol. The molecule has 2 aromatic rings. The van der Waals surface area contributed by atoms with Gasteiger partial charge in [-0.1, -0.05) is 0 Å². The number of ether oxygens (including phenoxy) is 5. The molecule has 2 aromatic carbocycles. The molecule has 0 fully saturated rings. The molecule has 0 N–H and O–H groups in total. The van der Waals surface area contributed by atoms with E-state index < -0.39 is 0 Å². The fourth-order valence-electron chi connectivity index (χ4n) is 3.04. The minimum Gasteiger partial charge on any atom is -0.493 e. The van der Waals surface area contributed by atoms with Gasteiger partial charge in [-0.2, -0.15) is 0 Å². The van der Waals surface area contributed by atoms with E-state index in [2.05, 4.69) is 0 Å². The summed E-state index contributed by atoms with van der Waals surface area (Å²) in [6.07, 6.45) is 1.61. The van der Waals surface area contributed by atoms with E-state index in [1.165, 1.54) is 28.3 Å². The molecular weight excluding hydrogens is 376 g/mol. The number of methoxy groups -OCH3 is 3. The van der Waals surface area contributed by atoms with Gasteiger partial charge in [0.25, 0.3) is 0 Å². The van der Waals surface area contributed by atoms with Gasteiger partial charge in [-0.05, 0) is 49.8 Å². The third kappa shape index (κ3) is 3.89. The van der Waals surface area contributed by atoms with Gasteiger partial charge in [0.1, 0.15) is 18.1 Å². The normalized spacial score (nSPS) is 13.7. The number of fused-ring (bicyclic) bond motifs is 1. The molecule has 0 unspecified atom stereocenters. The Bertz CT molecular complexity index is 979. The Hall–Kier alpha value is -3.48. The average molecular weight is 398 g/mol. The van der Waals surface area contributed by atoms with Crippen molar-refractivity contribution < 1.29 is 33.3 Å². The molecule has 7 nitrogen and oxygen atoms in total. The van der Waals surface area contributed by atoms with Crippen LogP contribution >= 0.6 is 0 Å². The van der Waals surface area contributed by atoms with Crippen LogP contribution in [0.2, 0.25) is 0 Å². The van der Waals surface area contributed by atoms with E-state index in [9.17, 15) is 9.59 Å². The number of ketones is 2. The van der Waals surface area contributed by atoms with Crippen molar-refractivity contribution in [2.75, 3.05) is 27.9 Å². The predicted octanol–water partition coefficient (Wildman–Crippen LogP) is 3.60. The van der Waals surface area contributed by atoms with Crippen LogP contribution in [0.3, 0.4) is 0 Å². The summed E-state index contributed by atoms with van der Waals surface area (Å²) < 4.78 is 27.3. The molecule has 29 heavy (non-hydrogen) atoms. The fraction of sp³-hybridized carbons (Fsp3) is 0.273. The molecule has 3 rings (SSSR count). The second-order valence-corrected chi connectivity index (χ2v) is 6.45. The van der Waals surface area contributed by atoms with Crippen molar-refractivity contribution in [3.63, 3.8) is 0 Å². The number of rotatable bonds is 7. The third-order valence-electron chi connectivity index (χ3n) is 4.45. The minimum absolute atomic E-state index is 0.0400. The lowest BCUT2D eigenvalue weighted by Gasteiger charge is -2.13. The number of hydrogen-bond acceptors (Lipinski definition) is 7. The topological polar surface area (TPSA) is 80.3 Å². The molecule has 0 amide bonds. The Balaban J connectivity index is 1.97. The monoisotopic (exact) mass is 398 g/mol. The van der Waals surface area contributed by atoms with Crippen molar-refractivity contribution in [1.82, 2.24) is 0 Å². The molecule has 1 aliphatic rings. The van der Waals surface area contributed by atoms with Gasteiger partial charge < -0.3 is 23.7 Å². The average Bonchev–Trinajstić information content (AvgIpc) is 3.02. The van der Waals surface area contributed by atoms with Crippen LogP contribution in [0.5, 0.6) is 28.7 Å². The number of allylic oxidation sites excluding steroid dienone is 1. The van der Waals surface area contributed by atoms with Crippen LogP contribution in [0.1, 0.15) is 28.4 Å². The van der Waals surface area contributed by atoms with E-state index in [-0.39, 0.29) is 23.9 Å². The molecule has 0 radical (unpaired) electrons. The lowest BCUT2D eigenvalue weighted by atomic mass is 10.1. The smallest absolute Gasteiger partial charge is 0.231 e. The first-order valence-corrected chi connectivity index (χ1v) is 8.89. The van der Waals surface area contributed by atoms with Crippen molar-refractivity contribution in [3.8, 4) is 28.7 Å². The highest BCUT2D eigenvalue weighted by molar-refractivity contribution is 6.15. The van der Waals surface area contributed by atoms with Crippen molar-refractivity contribution in [1.29, 1.82) is 0 Å². The third-order valence-corrected chi connectivity index (χ3v) is 4.45. The van der Waals surface area contributed by atoms with E-state index in [0.29, 0.717) is 45.4 Å². The molecule has 0 spiro atoms. The highest BCUT2D eigenvalue weighted by Crippen LogP contribution is 2.41. The van der Waals surface area contributed by atoms with Crippen molar-refractivity contribution in [2.24, 2.45) is 0 Å². The summed E-state index contributed by atoms with van der Waals surface area (Å²) in [5.74, 6) is 2.16. The molecule has 1 heterocycles. The van der Waals surface area contributed by atoms with E-state index in [4.69, 9.17) is 23.7 Å². The maximum atomic E-state index is 12.8. The highest BCUT2D eigenvalue weighted by Gasteiger charge is 2.30. The van der Waals surface area contributed by atoms with Crippen LogP contribution < -0.4 is 23.7 Å². The van der Waals surface area contributed by atoms with Gasteiger partial charge in [0.05, 0.1) is 26.9 Å². The maximum Gasteiger partial charge on any atom is 0.231 e. The molecule has 0 saturated carbocycles. The fourth-order valence-corrected chi connectivity index (χ4v) is 3.04. The largest absolute Gasteiger partial charge is 0.493 e. The zero-order chi connectivity index (χ0) is 21.1. The van der Waals surface area contributed by atoms with E-state index in [1.54, 1.807) is 37.3 Å². The first-order chi connectivity index (χ1) is 13.9. The first kappa shape index (κ1) is 20.3. The molecule has 0 aromatic heterocycles. The first-order valence-electron chi connectivity index (χ1n) is 8.89. The van der Waals surface area contributed by atoms with Crippen LogP contribution in [0.15, 0.2) is 30.0 Å². The van der Waals surface area contributed by atoms with Crippen LogP contribution in [0.4, 0.5) is 0 Å². The molecule has 0 atom stereocenters. The van der Waals surface area contributed by atoms with Crippen molar-refractivity contribution in [3.05, 3.63) is 46.7 Å². The Morgan fingerprint density at radius 3 is 2.24 bits per heavy atom. The Kier molecular flexibility index (Phi) is 5.77. The van der Waals surface area contributed by atoms with Gasteiger partial charge in [0.15, 0.2) is 23.0 Å². The molecule has 0 aliphatic carbocycles. The summed E-state index contributed by atoms with van der Waals surface area (Å²) in [6, 6.07) is 6.75. The summed E-state index contributed by atoms with van der Waals surface area (Å²) in [5.41, 5.74) is 1.75. The molecule has 152 valence electrons. The van der Waals surface area contributed by atoms with Crippen LogP contribution in [-0.2, 0) is 4.79 Å². The Morgan fingerprint density at radius 1 is 1.03 bits per heavy atom. The summed E-state index contributed by atoms with van der Waals surface area (Å²) >= 11 is 0.